The fourth-order valence-electron chi connectivity index (χ4n) is 4.19. The number of nitrogens with one attached hydrogen (secondary N) is 1. The maximum Gasteiger partial charge on any atom is 0.290 e. The van der Waals surface area contributed by atoms with Crippen molar-refractivity contribution in [2.45, 2.75) is 26.3 Å². The van der Waals surface area contributed by atoms with E-state index in [1.807, 2.05) is 24.3 Å². The molecule has 6 nitrogen and oxygen atoms in total. The highest BCUT2D eigenvalue weighted by Gasteiger charge is 2.42. The van der Waals surface area contributed by atoms with Crippen molar-refractivity contribution in [1.29, 1.82) is 0 Å². The Labute approximate surface area is 169 Å². The summed E-state index contributed by atoms with van der Waals surface area (Å²) in [6, 6.07) is 10.4. The second-order valence-electron chi connectivity index (χ2n) is 7.41. The van der Waals surface area contributed by atoms with E-state index in [-0.39, 0.29) is 17.1 Å². The molecule has 4 rings (SSSR count). The van der Waals surface area contributed by atoms with Crippen LogP contribution in [0.5, 0.6) is 0 Å². The zero-order chi connectivity index (χ0) is 20.4. The third-order valence-electron chi connectivity index (χ3n) is 5.82. The van der Waals surface area contributed by atoms with E-state index in [1.165, 1.54) is 4.90 Å². The molecule has 0 bridgehead atoms. The summed E-state index contributed by atoms with van der Waals surface area (Å²) in [5.74, 6) is -0.0371. The highest BCUT2D eigenvalue weighted by atomic mass is 16.3. The number of benzene rings is 1. The third-order valence-corrected chi connectivity index (χ3v) is 5.82. The van der Waals surface area contributed by atoms with Gasteiger partial charge in [0.15, 0.2) is 5.43 Å². The number of carbonyl (C=O) groups excluding carboxylic acids is 1. The first-order valence-corrected chi connectivity index (χ1v) is 10.3. The van der Waals surface area contributed by atoms with E-state index in [2.05, 4.69) is 18.8 Å². The van der Waals surface area contributed by atoms with Crippen LogP contribution in [0.25, 0.3) is 11.0 Å². The Bertz CT molecular complexity index is 1070. The van der Waals surface area contributed by atoms with Crippen LogP contribution in [0.4, 0.5) is 0 Å². The maximum atomic E-state index is 13.3. The Morgan fingerprint density at radius 1 is 1.07 bits per heavy atom. The van der Waals surface area contributed by atoms with Crippen molar-refractivity contribution in [3.05, 3.63) is 75.9 Å². The maximum absolute atomic E-state index is 13.3. The van der Waals surface area contributed by atoms with E-state index in [0.717, 1.165) is 31.6 Å². The van der Waals surface area contributed by atoms with Gasteiger partial charge in [-0.2, -0.15) is 0 Å². The minimum absolute atomic E-state index is 0.131. The van der Waals surface area contributed by atoms with Crippen LogP contribution in [-0.2, 0) is 0 Å². The zero-order valence-electron chi connectivity index (χ0n) is 16.9. The summed E-state index contributed by atoms with van der Waals surface area (Å²) in [6.45, 7) is 8.02. The lowest BCUT2D eigenvalue weighted by molar-refractivity contribution is -0.896. The lowest BCUT2D eigenvalue weighted by atomic mass is 9.99. The molecular formula is C23H26N3O3+. The first-order chi connectivity index (χ1) is 14.2. The molecular weight excluding hydrogens is 366 g/mol. The van der Waals surface area contributed by atoms with E-state index in [9.17, 15) is 9.59 Å². The van der Waals surface area contributed by atoms with Gasteiger partial charge in [0.05, 0.1) is 36.6 Å². The van der Waals surface area contributed by atoms with Gasteiger partial charge in [0.1, 0.15) is 5.58 Å². The fourth-order valence-corrected chi connectivity index (χ4v) is 4.19. The van der Waals surface area contributed by atoms with Gasteiger partial charge in [-0.3, -0.25) is 14.6 Å². The Balaban J connectivity index is 1.77. The number of quaternary nitrogens is 1. The third kappa shape index (κ3) is 3.44. The van der Waals surface area contributed by atoms with Crippen LogP contribution < -0.4 is 10.3 Å². The number of rotatable bonds is 7. The monoisotopic (exact) mass is 392 g/mol. The second kappa shape index (κ2) is 8.17. The molecule has 1 N–H and O–H groups in total. The molecule has 0 radical (unpaired) electrons. The van der Waals surface area contributed by atoms with Gasteiger partial charge in [0.25, 0.3) is 5.91 Å². The Kier molecular flexibility index (Phi) is 5.45. The molecule has 0 saturated carbocycles. The Morgan fingerprint density at radius 3 is 2.52 bits per heavy atom. The molecule has 0 fully saturated rings. The number of hydrogen-bond donors (Lipinski definition) is 1. The predicted molar refractivity (Wildman–Crippen MR) is 111 cm³/mol. The number of hydrogen-bond acceptors (Lipinski definition) is 4. The van der Waals surface area contributed by atoms with Gasteiger partial charge in [-0.05, 0) is 43.7 Å². The topological polar surface area (TPSA) is 67.8 Å². The molecule has 0 saturated heterocycles. The van der Waals surface area contributed by atoms with Crippen LogP contribution in [0.3, 0.4) is 0 Å². The number of carbonyl (C=O) groups is 1. The minimum atomic E-state index is -0.437. The van der Waals surface area contributed by atoms with Gasteiger partial charge in [-0.1, -0.05) is 12.1 Å². The molecule has 1 aromatic carbocycles. The molecule has 0 aliphatic carbocycles. The van der Waals surface area contributed by atoms with Crippen LogP contribution >= 0.6 is 0 Å². The SMILES string of the molecule is CC[NH+](CC)CCCN1C(=O)c2oc3ccccc3c(=O)c2[C@@H]1c1ccncc1. The average molecular weight is 392 g/mol. The molecule has 6 heteroatoms. The van der Waals surface area contributed by atoms with Gasteiger partial charge >= 0.3 is 0 Å². The first kappa shape index (κ1) is 19.3. The molecule has 0 spiro atoms. The largest absolute Gasteiger partial charge is 0.450 e. The summed E-state index contributed by atoms with van der Waals surface area (Å²) in [7, 11) is 0. The molecule has 1 aliphatic rings. The van der Waals surface area contributed by atoms with Crippen LogP contribution in [0.1, 0.15) is 48.0 Å². The van der Waals surface area contributed by atoms with Crippen LogP contribution in [-0.4, -0.2) is 42.0 Å². The highest BCUT2D eigenvalue weighted by molar-refractivity contribution is 5.99. The standard InChI is InChI=1S/C23H25N3O3/c1-3-25(4-2)14-7-15-26-20(16-10-12-24-13-11-16)19-21(27)17-8-5-6-9-18(17)29-22(19)23(26)28/h5-6,8-13,20H,3-4,7,14-15H2,1-2H3/p+1/t20-/m0/s1. The summed E-state index contributed by atoms with van der Waals surface area (Å²) in [4.78, 5) is 33.9. The average Bonchev–Trinajstić information content (AvgIpc) is 3.04. The predicted octanol–water partition coefficient (Wildman–Crippen LogP) is 2.05. The van der Waals surface area contributed by atoms with Crippen molar-refractivity contribution in [3.63, 3.8) is 0 Å². The molecule has 2 aromatic heterocycles. The minimum Gasteiger partial charge on any atom is -0.450 e. The van der Waals surface area contributed by atoms with Crippen molar-refractivity contribution in [2.75, 3.05) is 26.2 Å². The second-order valence-corrected chi connectivity index (χ2v) is 7.41. The van der Waals surface area contributed by atoms with Crippen molar-refractivity contribution in [2.24, 2.45) is 0 Å². The van der Waals surface area contributed by atoms with Gasteiger partial charge in [0, 0.05) is 25.4 Å². The summed E-state index contributed by atoms with van der Waals surface area (Å²) in [5, 5.41) is 0.507. The molecule has 3 heterocycles. The summed E-state index contributed by atoms with van der Waals surface area (Å²) >= 11 is 0. The molecule has 1 aliphatic heterocycles. The van der Waals surface area contributed by atoms with E-state index in [4.69, 9.17) is 4.42 Å². The molecule has 0 unspecified atom stereocenters. The molecule has 3 aromatic rings. The van der Waals surface area contributed by atoms with Gasteiger partial charge in [0.2, 0.25) is 5.76 Å². The van der Waals surface area contributed by atoms with Crippen molar-refractivity contribution in [3.8, 4) is 0 Å². The first-order valence-electron chi connectivity index (χ1n) is 10.3. The van der Waals surface area contributed by atoms with E-state index >= 15 is 0 Å². The van der Waals surface area contributed by atoms with Gasteiger partial charge in [-0.15, -0.1) is 0 Å². The van der Waals surface area contributed by atoms with Gasteiger partial charge < -0.3 is 14.2 Å². The number of para-hydroxylation sites is 1. The summed E-state index contributed by atoms with van der Waals surface area (Å²) in [5.41, 5.74) is 1.64. The normalized spacial score (nSPS) is 16.0. The van der Waals surface area contributed by atoms with Gasteiger partial charge in [-0.25, -0.2) is 0 Å². The molecule has 1 atom stereocenters. The lowest BCUT2D eigenvalue weighted by Gasteiger charge is -2.25. The van der Waals surface area contributed by atoms with Crippen molar-refractivity contribution >= 4 is 16.9 Å². The van der Waals surface area contributed by atoms with Crippen LogP contribution in [0.15, 0.2) is 58.0 Å². The number of aromatic nitrogens is 1. The van der Waals surface area contributed by atoms with E-state index < -0.39 is 6.04 Å². The smallest absolute Gasteiger partial charge is 0.290 e. The van der Waals surface area contributed by atoms with Crippen molar-refractivity contribution in [1.82, 2.24) is 9.88 Å². The Morgan fingerprint density at radius 2 is 1.79 bits per heavy atom. The molecule has 29 heavy (non-hydrogen) atoms. The van der Waals surface area contributed by atoms with E-state index in [1.54, 1.807) is 29.4 Å². The zero-order valence-corrected chi connectivity index (χ0v) is 16.9. The van der Waals surface area contributed by atoms with Crippen LogP contribution in [0.2, 0.25) is 0 Å². The highest BCUT2D eigenvalue weighted by Crippen LogP contribution is 2.37. The van der Waals surface area contributed by atoms with Crippen molar-refractivity contribution < 1.29 is 14.1 Å². The Hall–Kier alpha value is -2.99. The number of amides is 1. The summed E-state index contributed by atoms with van der Waals surface area (Å²) in [6.07, 6.45) is 4.25. The lowest BCUT2D eigenvalue weighted by Crippen LogP contribution is -3.11. The fraction of sp³-hybridized carbons (Fsp3) is 0.348. The molecule has 150 valence electrons. The number of pyridine rings is 1. The van der Waals surface area contributed by atoms with Crippen LogP contribution in [0, 0.1) is 0 Å². The quantitative estimate of drug-likeness (QED) is 0.668. The number of fused-ring (bicyclic) bond motifs is 2. The number of nitrogens with zero attached hydrogens (tertiary/aromatic N) is 2. The summed E-state index contributed by atoms with van der Waals surface area (Å²) < 4.78 is 5.94. The van der Waals surface area contributed by atoms with E-state index in [0.29, 0.717) is 23.1 Å². The molecule has 1 amide bonds.